The lowest BCUT2D eigenvalue weighted by Crippen LogP contribution is -2.19. The molecule has 1 saturated heterocycles. The van der Waals surface area contributed by atoms with Crippen molar-refractivity contribution in [2.75, 3.05) is 0 Å². The molecule has 1 fully saturated rings. The fraction of sp³-hybridized carbons (Fsp3) is 0.750. The summed E-state index contributed by atoms with van der Waals surface area (Å²) in [5, 5.41) is 0. The third-order valence-corrected chi connectivity index (χ3v) is 1.71. The molecular weight excluding hydrogens is 167 g/mol. The van der Waals surface area contributed by atoms with Crippen LogP contribution in [-0.4, -0.2) is 11.8 Å². The zero-order chi connectivity index (χ0) is 7.61. The van der Waals surface area contributed by atoms with E-state index in [4.69, 9.17) is 0 Å². The van der Waals surface area contributed by atoms with Crippen molar-refractivity contribution in [3.05, 3.63) is 6.54 Å². The van der Waals surface area contributed by atoms with Crippen molar-refractivity contribution >= 4 is 11.9 Å². The summed E-state index contributed by atoms with van der Waals surface area (Å²) in [5.74, 6) is 0. The zero-order valence-corrected chi connectivity index (χ0v) is 5.63. The third-order valence-electron chi connectivity index (χ3n) is 0.858. The van der Waals surface area contributed by atoms with Gasteiger partial charge in [0.05, 0.1) is 0 Å². The van der Waals surface area contributed by atoms with E-state index >= 15 is 0 Å². The average Bonchev–Trinajstić information content (AvgIpc) is 2.12. The van der Waals surface area contributed by atoms with Crippen LogP contribution < -0.4 is 4.72 Å². The predicted molar refractivity (Wildman–Crippen MR) is 30.6 cm³/mol. The van der Waals surface area contributed by atoms with E-state index in [0.29, 0.717) is 0 Å². The molecule has 0 aliphatic carbocycles. The summed E-state index contributed by atoms with van der Waals surface area (Å²) < 4.78 is 40.5. The topological polar surface area (TPSA) is 21.3 Å². The van der Waals surface area contributed by atoms with Gasteiger partial charge in [-0.15, -0.1) is 13.2 Å². The molecule has 1 rings (SSSR count). The normalized spacial score (nSPS) is 27.3. The maximum Gasteiger partial charge on any atom is 0.523 e. The van der Waals surface area contributed by atoms with Gasteiger partial charge in [-0.05, 0) is 11.9 Å². The minimum Gasteiger partial charge on any atom is -0.276 e. The first-order valence-electron chi connectivity index (χ1n) is 2.55. The van der Waals surface area contributed by atoms with Crippen LogP contribution in [0.5, 0.6) is 0 Å². The van der Waals surface area contributed by atoms with Gasteiger partial charge in [0.25, 0.3) is 0 Å². The summed E-state index contributed by atoms with van der Waals surface area (Å²) in [7, 11) is 0. The lowest BCUT2D eigenvalue weighted by Gasteiger charge is -2.10. The Morgan fingerprint density at radius 1 is 1.60 bits per heavy atom. The Kier molecular flexibility index (Phi) is 2.43. The van der Waals surface area contributed by atoms with Crippen molar-refractivity contribution in [1.82, 2.24) is 4.72 Å². The smallest absolute Gasteiger partial charge is 0.276 e. The molecule has 6 heteroatoms. The highest BCUT2D eigenvalue weighted by atomic mass is 32.2. The highest BCUT2D eigenvalue weighted by molar-refractivity contribution is 7.98. The molecule has 1 aliphatic heterocycles. The highest BCUT2D eigenvalue weighted by Gasteiger charge is 2.35. The van der Waals surface area contributed by atoms with Crippen molar-refractivity contribution < 1.29 is 17.9 Å². The Labute approximate surface area is 60.2 Å². The van der Waals surface area contributed by atoms with Crippen molar-refractivity contribution in [2.45, 2.75) is 18.2 Å². The molecule has 1 heterocycles. The fourth-order valence-electron chi connectivity index (χ4n) is 0.538. The Morgan fingerprint density at radius 3 is 2.70 bits per heavy atom. The molecule has 1 radical (unpaired) electrons. The van der Waals surface area contributed by atoms with Gasteiger partial charge in [0, 0.05) is 13.0 Å². The molecular formula is C4H5F3NOS. The zero-order valence-electron chi connectivity index (χ0n) is 4.81. The molecule has 0 aromatic rings. The van der Waals surface area contributed by atoms with Gasteiger partial charge in [-0.1, -0.05) is 0 Å². The first-order chi connectivity index (χ1) is 4.58. The Balaban J connectivity index is 2.24. The van der Waals surface area contributed by atoms with Gasteiger partial charge in [0.15, 0.2) is 0 Å². The largest absolute Gasteiger partial charge is 0.523 e. The van der Waals surface area contributed by atoms with Crippen LogP contribution in [0.15, 0.2) is 0 Å². The number of rotatable bonds is 1. The SMILES string of the molecule is FC(F)(F)OC1C[CH]NS1. The standard InChI is InChI=1S/C4H5F3NOS/c5-4(6,7)9-3-1-2-8-10-3/h2-3,8H,1H2. The molecule has 1 N–H and O–H groups in total. The molecule has 2 nitrogen and oxygen atoms in total. The van der Waals surface area contributed by atoms with Gasteiger partial charge < -0.3 is 0 Å². The number of hydrogen-bond acceptors (Lipinski definition) is 3. The van der Waals surface area contributed by atoms with Gasteiger partial charge in [-0.25, -0.2) is 0 Å². The maximum absolute atomic E-state index is 11.4. The first-order valence-corrected chi connectivity index (χ1v) is 3.43. The second kappa shape index (κ2) is 2.98. The summed E-state index contributed by atoms with van der Waals surface area (Å²) in [6, 6.07) is 0. The molecule has 0 bridgehead atoms. The van der Waals surface area contributed by atoms with Gasteiger partial charge in [0.1, 0.15) is 5.44 Å². The van der Waals surface area contributed by atoms with Crippen LogP contribution in [0.4, 0.5) is 13.2 Å². The summed E-state index contributed by atoms with van der Waals surface area (Å²) in [4.78, 5) is 0. The fourth-order valence-corrected chi connectivity index (χ4v) is 1.23. The quantitative estimate of drug-likeness (QED) is 0.607. The van der Waals surface area contributed by atoms with Gasteiger partial charge in [-0.3, -0.25) is 9.46 Å². The first kappa shape index (κ1) is 8.16. The number of nitrogens with one attached hydrogen (secondary N) is 1. The molecule has 10 heavy (non-hydrogen) atoms. The van der Waals surface area contributed by atoms with Crippen LogP contribution in [0.2, 0.25) is 0 Å². The summed E-state index contributed by atoms with van der Waals surface area (Å²) in [6.45, 7) is 1.53. The second-order valence-electron chi connectivity index (χ2n) is 1.67. The lowest BCUT2D eigenvalue weighted by molar-refractivity contribution is -0.329. The van der Waals surface area contributed by atoms with Crippen LogP contribution >= 0.6 is 11.9 Å². The molecule has 0 amide bonds. The van der Waals surface area contributed by atoms with E-state index in [1.54, 1.807) is 0 Å². The van der Waals surface area contributed by atoms with Gasteiger partial charge in [-0.2, -0.15) is 0 Å². The van der Waals surface area contributed by atoms with Crippen molar-refractivity contribution in [2.24, 2.45) is 0 Å². The van der Waals surface area contributed by atoms with Crippen molar-refractivity contribution in [1.29, 1.82) is 0 Å². The molecule has 0 saturated carbocycles. The molecule has 59 valence electrons. The molecule has 1 atom stereocenters. The second-order valence-corrected chi connectivity index (χ2v) is 2.67. The van der Waals surface area contributed by atoms with E-state index in [9.17, 15) is 13.2 Å². The van der Waals surface area contributed by atoms with Crippen LogP contribution in [0.1, 0.15) is 6.42 Å². The van der Waals surface area contributed by atoms with E-state index in [1.165, 1.54) is 6.54 Å². The Hall–Kier alpha value is 0.0600. The number of hydrogen-bond donors (Lipinski definition) is 1. The summed E-state index contributed by atoms with van der Waals surface area (Å²) >= 11 is 0.921. The van der Waals surface area contributed by atoms with E-state index in [2.05, 4.69) is 9.46 Å². The molecule has 0 aromatic carbocycles. The van der Waals surface area contributed by atoms with Crippen LogP contribution in [-0.2, 0) is 4.74 Å². The van der Waals surface area contributed by atoms with Crippen LogP contribution in [0, 0.1) is 6.54 Å². The minimum absolute atomic E-state index is 0.282. The van der Waals surface area contributed by atoms with E-state index in [1.807, 2.05) is 0 Å². The Bertz CT molecular complexity index is 112. The number of alkyl halides is 3. The monoisotopic (exact) mass is 172 g/mol. The van der Waals surface area contributed by atoms with Crippen LogP contribution in [0.25, 0.3) is 0 Å². The Morgan fingerprint density at radius 2 is 2.30 bits per heavy atom. The van der Waals surface area contributed by atoms with E-state index in [0.717, 1.165) is 11.9 Å². The van der Waals surface area contributed by atoms with E-state index in [-0.39, 0.29) is 6.42 Å². The highest BCUT2D eigenvalue weighted by Crippen LogP contribution is 2.28. The van der Waals surface area contributed by atoms with Gasteiger partial charge >= 0.3 is 6.36 Å². The molecule has 1 aliphatic rings. The van der Waals surface area contributed by atoms with Crippen LogP contribution in [0.3, 0.4) is 0 Å². The predicted octanol–water partition coefficient (Wildman–Crippen LogP) is 1.65. The van der Waals surface area contributed by atoms with Crippen molar-refractivity contribution in [3.63, 3.8) is 0 Å². The minimum atomic E-state index is -4.52. The third kappa shape index (κ3) is 2.76. The van der Waals surface area contributed by atoms with Gasteiger partial charge in [0.2, 0.25) is 0 Å². The number of halogens is 3. The maximum atomic E-state index is 11.4. The number of ether oxygens (including phenoxy) is 1. The summed E-state index contributed by atoms with van der Waals surface area (Å²) in [6.07, 6.45) is -4.23. The molecule has 0 aromatic heterocycles. The van der Waals surface area contributed by atoms with E-state index < -0.39 is 11.8 Å². The average molecular weight is 172 g/mol. The molecule has 0 spiro atoms. The van der Waals surface area contributed by atoms with Crippen molar-refractivity contribution in [3.8, 4) is 0 Å². The summed E-state index contributed by atoms with van der Waals surface area (Å²) in [5.41, 5.74) is -0.819. The molecule has 1 unspecified atom stereocenters. The lowest BCUT2D eigenvalue weighted by atomic mass is 10.5.